The number of aromatic nitrogens is 3. The number of nitrogens with one attached hydrogen (secondary N) is 1. The number of nitrogens with zero attached hydrogens (tertiary/aromatic N) is 4. The van der Waals surface area contributed by atoms with E-state index in [-0.39, 0.29) is 13.2 Å². The van der Waals surface area contributed by atoms with Crippen molar-refractivity contribution in [3.8, 4) is 0 Å². The van der Waals surface area contributed by atoms with Crippen molar-refractivity contribution in [1.29, 1.82) is 0 Å². The molecule has 0 amide bonds. The minimum Gasteiger partial charge on any atom is -0.359 e. The minimum atomic E-state index is -0.0465. The predicted octanol–water partition coefficient (Wildman–Crippen LogP) is 3.59. The quantitative estimate of drug-likeness (QED) is 0.624. The maximum absolute atomic E-state index is 12.1. The number of H-pyrrole nitrogens is 1. The SMILES string of the molecule is C.[C-]#[N+]/C(=C\C1CC1)C(=O)CCCN(C)c1ncnc2[nH]ccc12. The Hall–Kier alpha value is -2.68. The number of carbonyl (C=O) groups is 1. The summed E-state index contributed by atoms with van der Waals surface area (Å²) < 4.78 is 0. The highest BCUT2D eigenvalue weighted by Crippen LogP contribution is 2.32. The van der Waals surface area contributed by atoms with Crippen LogP contribution in [0.3, 0.4) is 0 Å². The topological polar surface area (TPSA) is 66.2 Å². The number of hydrogen-bond donors (Lipinski definition) is 1. The molecule has 6 heteroatoms. The van der Waals surface area contributed by atoms with Gasteiger partial charge in [-0.1, -0.05) is 13.5 Å². The van der Waals surface area contributed by atoms with Crippen LogP contribution in [0.5, 0.6) is 0 Å². The van der Waals surface area contributed by atoms with Gasteiger partial charge < -0.3 is 14.7 Å². The molecule has 0 aliphatic heterocycles. The fourth-order valence-electron chi connectivity index (χ4n) is 2.55. The smallest absolute Gasteiger partial charge is 0.225 e. The van der Waals surface area contributed by atoms with Crippen LogP contribution in [0.1, 0.15) is 33.1 Å². The molecule has 126 valence electrons. The number of carbonyl (C=O) groups excluding carboxylic acids is 1. The van der Waals surface area contributed by atoms with Gasteiger partial charge in [0.15, 0.2) is 5.78 Å². The van der Waals surface area contributed by atoms with Gasteiger partial charge in [0, 0.05) is 26.2 Å². The largest absolute Gasteiger partial charge is 0.359 e. The van der Waals surface area contributed by atoms with E-state index >= 15 is 0 Å². The van der Waals surface area contributed by atoms with E-state index in [1.54, 1.807) is 0 Å². The van der Waals surface area contributed by atoms with Gasteiger partial charge in [0.1, 0.15) is 17.8 Å². The molecule has 3 rings (SSSR count). The van der Waals surface area contributed by atoms with Crippen molar-refractivity contribution in [1.82, 2.24) is 15.0 Å². The van der Waals surface area contributed by atoms with E-state index in [0.717, 1.165) is 29.7 Å². The summed E-state index contributed by atoms with van der Waals surface area (Å²) >= 11 is 0. The molecule has 24 heavy (non-hydrogen) atoms. The average molecular weight is 325 g/mol. The predicted molar refractivity (Wildman–Crippen MR) is 95.5 cm³/mol. The van der Waals surface area contributed by atoms with Crippen molar-refractivity contribution >= 4 is 22.6 Å². The molecule has 1 fully saturated rings. The summed E-state index contributed by atoms with van der Waals surface area (Å²) in [5.41, 5.74) is 1.12. The van der Waals surface area contributed by atoms with E-state index in [4.69, 9.17) is 6.57 Å². The lowest BCUT2D eigenvalue weighted by molar-refractivity contribution is -0.115. The summed E-state index contributed by atoms with van der Waals surface area (Å²) in [6.07, 6.45) is 8.52. The van der Waals surface area contributed by atoms with Crippen LogP contribution < -0.4 is 4.90 Å². The Bertz CT molecular complexity index is 782. The Morgan fingerprint density at radius 1 is 1.50 bits per heavy atom. The third kappa shape index (κ3) is 3.99. The van der Waals surface area contributed by atoms with Gasteiger partial charge in [0.05, 0.1) is 12.0 Å². The molecule has 0 saturated heterocycles. The Balaban J connectivity index is 0.00000208. The first kappa shape index (κ1) is 17.7. The van der Waals surface area contributed by atoms with E-state index in [0.29, 0.717) is 31.0 Å². The van der Waals surface area contributed by atoms with Gasteiger partial charge >= 0.3 is 0 Å². The monoisotopic (exact) mass is 325 g/mol. The van der Waals surface area contributed by atoms with Crippen LogP contribution in [0.15, 0.2) is 30.4 Å². The molecule has 1 N–H and O–H groups in total. The van der Waals surface area contributed by atoms with Gasteiger partial charge in [0.25, 0.3) is 0 Å². The summed E-state index contributed by atoms with van der Waals surface area (Å²) in [5, 5.41) is 0.969. The van der Waals surface area contributed by atoms with Crippen molar-refractivity contribution < 1.29 is 4.79 Å². The zero-order valence-corrected chi connectivity index (χ0v) is 13.1. The molecule has 6 nitrogen and oxygen atoms in total. The van der Waals surface area contributed by atoms with Crippen molar-refractivity contribution in [2.45, 2.75) is 33.1 Å². The van der Waals surface area contributed by atoms with Gasteiger partial charge in [-0.05, 0) is 31.2 Å². The molecule has 0 bridgehead atoms. The van der Waals surface area contributed by atoms with Crippen molar-refractivity contribution in [2.24, 2.45) is 5.92 Å². The molecule has 2 aromatic heterocycles. The average Bonchev–Trinajstić information content (AvgIpc) is 3.25. The van der Waals surface area contributed by atoms with Crippen LogP contribution in [0.4, 0.5) is 5.82 Å². The standard InChI is InChI=1S/C17H19N5O.CH4/c1-18-14(10-12-5-6-12)15(23)4-3-9-22(2)17-13-7-8-19-16(13)20-11-21-17;/h7-8,10-12H,3-6,9H2,2H3,(H,19,20,21);1H4/b14-10-;. The zero-order valence-electron chi connectivity index (χ0n) is 13.1. The van der Waals surface area contributed by atoms with E-state index in [9.17, 15) is 4.79 Å². The second-order valence-electron chi connectivity index (χ2n) is 5.89. The molecule has 0 spiro atoms. The molecule has 1 saturated carbocycles. The Morgan fingerprint density at radius 2 is 2.29 bits per heavy atom. The molecule has 0 aromatic carbocycles. The number of hydrogen-bond acceptors (Lipinski definition) is 4. The number of fused-ring (bicyclic) bond motifs is 1. The van der Waals surface area contributed by atoms with Gasteiger partial charge in [-0.3, -0.25) is 0 Å². The molecule has 0 atom stereocenters. The van der Waals surface area contributed by atoms with Crippen LogP contribution in [0.2, 0.25) is 0 Å². The Labute approximate surface area is 142 Å². The first-order valence-corrected chi connectivity index (χ1v) is 7.80. The number of rotatable bonds is 7. The number of ketones is 1. The normalized spacial score (nSPS) is 14.1. The number of anilines is 1. The summed E-state index contributed by atoms with van der Waals surface area (Å²) in [5.74, 6) is 1.26. The fraction of sp³-hybridized carbons (Fsp3) is 0.444. The van der Waals surface area contributed by atoms with Crippen LogP contribution in [-0.4, -0.2) is 34.3 Å². The molecule has 0 unspecified atom stereocenters. The molecule has 2 aromatic rings. The number of Topliss-reactive ketones (excluding diaryl/α,β-unsaturated/α-hetero) is 1. The summed E-state index contributed by atoms with van der Waals surface area (Å²) in [4.78, 5) is 29.1. The number of aromatic amines is 1. The van der Waals surface area contributed by atoms with E-state index < -0.39 is 0 Å². The van der Waals surface area contributed by atoms with Crippen molar-refractivity contribution in [2.75, 3.05) is 18.5 Å². The lowest BCUT2D eigenvalue weighted by atomic mass is 10.1. The highest BCUT2D eigenvalue weighted by Gasteiger charge is 2.21. The molecular formula is C18H23N5O. The van der Waals surface area contributed by atoms with Crippen LogP contribution in [-0.2, 0) is 4.79 Å². The molecule has 1 aliphatic carbocycles. The van der Waals surface area contributed by atoms with Gasteiger partial charge in [-0.25, -0.2) is 14.8 Å². The third-order valence-electron chi connectivity index (χ3n) is 4.01. The summed E-state index contributed by atoms with van der Waals surface area (Å²) in [7, 11) is 1.95. The number of allylic oxidation sites excluding steroid dienone is 2. The van der Waals surface area contributed by atoms with Crippen LogP contribution in [0.25, 0.3) is 15.9 Å². The maximum Gasteiger partial charge on any atom is 0.225 e. The van der Waals surface area contributed by atoms with E-state index in [2.05, 4.69) is 19.8 Å². The molecule has 1 aliphatic rings. The first-order valence-electron chi connectivity index (χ1n) is 7.80. The lowest BCUT2D eigenvalue weighted by Gasteiger charge is -2.18. The fourth-order valence-corrected chi connectivity index (χ4v) is 2.55. The lowest BCUT2D eigenvalue weighted by Crippen LogP contribution is -2.20. The van der Waals surface area contributed by atoms with Gasteiger partial charge in [-0.15, -0.1) is 0 Å². The Morgan fingerprint density at radius 3 is 3.00 bits per heavy atom. The van der Waals surface area contributed by atoms with Gasteiger partial charge in [-0.2, -0.15) is 0 Å². The first-order chi connectivity index (χ1) is 11.2. The van der Waals surface area contributed by atoms with Crippen LogP contribution in [0, 0.1) is 12.5 Å². The highest BCUT2D eigenvalue weighted by atomic mass is 16.1. The summed E-state index contributed by atoms with van der Waals surface area (Å²) in [6, 6.07) is 1.95. The maximum atomic E-state index is 12.1. The van der Waals surface area contributed by atoms with Crippen molar-refractivity contribution in [3.05, 3.63) is 41.8 Å². The second kappa shape index (κ2) is 7.73. The molecule has 2 heterocycles. The van der Waals surface area contributed by atoms with E-state index in [1.165, 1.54) is 6.33 Å². The summed E-state index contributed by atoms with van der Waals surface area (Å²) in [6.45, 7) is 7.85. The minimum absolute atomic E-state index is 0. The molecular weight excluding hydrogens is 302 g/mol. The van der Waals surface area contributed by atoms with Crippen LogP contribution >= 0.6 is 0 Å². The van der Waals surface area contributed by atoms with Gasteiger partial charge in [0.2, 0.25) is 5.70 Å². The molecule has 0 radical (unpaired) electrons. The zero-order chi connectivity index (χ0) is 16.2. The Kier molecular flexibility index (Phi) is 5.69. The highest BCUT2D eigenvalue weighted by molar-refractivity contribution is 5.97. The second-order valence-corrected chi connectivity index (χ2v) is 5.89. The third-order valence-corrected chi connectivity index (χ3v) is 4.01. The van der Waals surface area contributed by atoms with Crippen molar-refractivity contribution in [3.63, 3.8) is 0 Å². The van der Waals surface area contributed by atoms with E-state index in [1.807, 2.05) is 30.3 Å².